The van der Waals surface area contributed by atoms with Crippen molar-refractivity contribution in [2.45, 2.75) is 20.3 Å². The maximum Gasteiger partial charge on any atom is 0.159 e. The number of hydrogen-bond donors (Lipinski definition) is 0. The standard InChI is InChI=1S/C22H20O3/c1-3-17-4-8-19(9-5-17)24-21-12-14-22(15-13-21)25-20-10-6-18(7-11-20)16(2)23/h4-15H,3H2,1-2H3. The van der Waals surface area contributed by atoms with Crippen molar-refractivity contribution in [3.05, 3.63) is 83.9 Å². The molecule has 0 aliphatic carbocycles. The molecule has 3 nitrogen and oxygen atoms in total. The summed E-state index contributed by atoms with van der Waals surface area (Å²) in [7, 11) is 0. The highest BCUT2D eigenvalue weighted by Gasteiger charge is 2.02. The molecule has 0 radical (unpaired) electrons. The number of benzene rings is 3. The van der Waals surface area contributed by atoms with E-state index in [9.17, 15) is 4.79 Å². The zero-order chi connectivity index (χ0) is 17.6. The van der Waals surface area contributed by atoms with Gasteiger partial charge in [-0.1, -0.05) is 19.1 Å². The van der Waals surface area contributed by atoms with Gasteiger partial charge in [-0.2, -0.15) is 0 Å². The monoisotopic (exact) mass is 332 g/mol. The van der Waals surface area contributed by atoms with E-state index in [2.05, 4.69) is 19.1 Å². The van der Waals surface area contributed by atoms with E-state index in [1.54, 1.807) is 31.2 Å². The highest BCUT2D eigenvalue weighted by molar-refractivity contribution is 5.94. The lowest BCUT2D eigenvalue weighted by Gasteiger charge is -2.09. The van der Waals surface area contributed by atoms with Crippen molar-refractivity contribution >= 4 is 5.78 Å². The van der Waals surface area contributed by atoms with Gasteiger partial charge < -0.3 is 9.47 Å². The summed E-state index contributed by atoms with van der Waals surface area (Å²) in [5, 5.41) is 0. The summed E-state index contributed by atoms with van der Waals surface area (Å²) in [6.07, 6.45) is 1.01. The molecule has 25 heavy (non-hydrogen) atoms. The van der Waals surface area contributed by atoms with Gasteiger partial charge in [0.1, 0.15) is 23.0 Å². The lowest BCUT2D eigenvalue weighted by molar-refractivity contribution is 0.101. The van der Waals surface area contributed by atoms with E-state index in [4.69, 9.17) is 9.47 Å². The normalized spacial score (nSPS) is 10.3. The molecule has 0 aliphatic rings. The molecule has 3 rings (SSSR count). The first-order chi connectivity index (χ1) is 12.1. The fourth-order valence-electron chi connectivity index (χ4n) is 2.40. The molecule has 0 bridgehead atoms. The Bertz CT molecular complexity index is 832. The Balaban J connectivity index is 1.64. The number of ether oxygens (including phenoxy) is 2. The van der Waals surface area contributed by atoms with Crippen LogP contribution in [0.4, 0.5) is 0 Å². The van der Waals surface area contributed by atoms with Crippen molar-refractivity contribution in [2.24, 2.45) is 0 Å². The second-order valence-corrected chi connectivity index (χ2v) is 5.75. The first kappa shape index (κ1) is 16.8. The fraction of sp³-hybridized carbons (Fsp3) is 0.136. The second-order valence-electron chi connectivity index (χ2n) is 5.75. The highest BCUT2D eigenvalue weighted by Crippen LogP contribution is 2.27. The Morgan fingerprint density at radius 1 is 0.680 bits per heavy atom. The minimum absolute atomic E-state index is 0.0417. The van der Waals surface area contributed by atoms with Crippen LogP contribution in [-0.4, -0.2) is 5.78 Å². The molecule has 0 fully saturated rings. The Morgan fingerprint density at radius 3 is 1.40 bits per heavy atom. The lowest BCUT2D eigenvalue weighted by Crippen LogP contribution is -1.91. The third-order valence-corrected chi connectivity index (χ3v) is 3.89. The maximum atomic E-state index is 11.3. The lowest BCUT2D eigenvalue weighted by atomic mass is 10.1. The number of aryl methyl sites for hydroxylation is 1. The summed E-state index contributed by atoms with van der Waals surface area (Å²) in [6, 6.07) is 22.6. The molecule has 0 atom stereocenters. The summed E-state index contributed by atoms with van der Waals surface area (Å²) >= 11 is 0. The van der Waals surface area contributed by atoms with Gasteiger partial charge in [0.25, 0.3) is 0 Å². The summed E-state index contributed by atoms with van der Waals surface area (Å²) < 4.78 is 11.6. The van der Waals surface area contributed by atoms with Crippen LogP contribution in [-0.2, 0) is 6.42 Å². The molecule has 0 amide bonds. The average Bonchev–Trinajstić information content (AvgIpc) is 2.64. The molecule has 0 aromatic heterocycles. The summed E-state index contributed by atoms with van der Waals surface area (Å²) in [4.78, 5) is 11.3. The number of Topliss-reactive ketones (excluding diaryl/α,β-unsaturated/α-hetero) is 1. The number of hydrogen-bond acceptors (Lipinski definition) is 3. The maximum absolute atomic E-state index is 11.3. The van der Waals surface area contributed by atoms with Gasteiger partial charge in [-0.15, -0.1) is 0 Å². The van der Waals surface area contributed by atoms with Crippen LogP contribution >= 0.6 is 0 Å². The van der Waals surface area contributed by atoms with Gasteiger partial charge in [-0.25, -0.2) is 0 Å². The number of rotatable bonds is 6. The average molecular weight is 332 g/mol. The summed E-state index contributed by atoms with van der Waals surface area (Å²) in [6.45, 7) is 3.67. The van der Waals surface area contributed by atoms with Gasteiger partial charge in [0.2, 0.25) is 0 Å². The molecular weight excluding hydrogens is 312 g/mol. The Kier molecular flexibility index (Phi) is 5.14. The Hall–Kier alpha value is -3.07. The molecule has 126 valence electrons. The Labute approximate surface area is 147 Å². The van der Waals surface area contributed by atoms with Gasteiger partial charge in [-0.05, 0) is 79.6 Å². The van der Waals surface area contributed by atoms with Crippen molar-refractivity contribution in [1.82, 2.24) is 0 Å². The van der Waals surface area contributed by atoms with E-state index in [1.807, 2.05) is 36.4 Å². The van der Waals surface area contributed by atoms with Gasteiger partial charge in [-0.3, -0.25) is 4.79 Å². The molecule has 0 saturated carbocycles. The zero-order valence-electron chi connectivity index (χ0n) is 14.4. The van der Waals surface area contributed by atoms with E-state index >= 15 is 0 Å². The van der Waals surface area contributed by atoms with E-state index in [0.717, 1.165) is 17.9 Å². The summed E-state index contributed by atoms with van der Waals surface area (Å²) in [5.74, 6) is 3.01. The van der Waals surface area contributed by atoms with Crippen molar-refractivity contribution in [3.8, 4) is 23.0 Å². The number of carbonyl (C=O) groups is 1. The molecule has 3 aromatic rings. The van der Waals surface area contributed by atoms with Crippen LogP contribution in [0.15, 0.2) is 72.8 Å². The number of carbonyl (C=O) groups excluding carboxylic acids is 1. The second kappa shape index (κ2) is 7.67. The minimum atomic E-state index is 0.0417. The van der Waals surface area contributed by atoms with Gasteiger partial charge in [0, 0.05) is 5.56 Å². The van der Waals surface area contributed by atoms with Crippen LogP contribution < -0.4 is 9.47 Å². The Morgan fingerprint density at radius 2 is 1.04 bits per heavy atom. The third-order valence-electron chi connectivity index (χ3n) is 3.89. The van der Waals surface area contributed by atoms with E-state index in [1.165, 1.54) is 5.56 Å². The molecule has 0 heterocycles. The molecule has 3 heteroatoms. The van der Waals surface area contributed by atoms with Crippen LogP contribution in [0.25, 0.3) is 0 Å². The van der Waals surface area contributed by atoms with E-state index in [0.29, 0.717) is 17.1 Å². The predicted octanol–water partition coefficient (Wildman–Crippen LogP) is 6.04. The van der Waals surface area contributed by atoms with Crippen LogP contribution in [0.2, 0.25) is 0 Å². The highest BCUT2D eigenvalue weighted by atomic mass is 16.5. The molecule has 0 aliphatic heterocycles. The van der Waals surface area contributed by atoms with Crippen LogP contribution in [0, 0.1) is 0 Å². The van der Waals surface area contributed by atoms with Crippen LogP contribution in [0.3, 0.4) is 0 Å². The molecule has 3 aromatic carbocycles. The molecule has 0 unspecified atom stereocenters. The fourth-order valence-corrected chi connectivity index (χ4v) is 2.40. The van der Waals surface area contributed by atoms with Crippen molar-refractivity contribution < 1.29 is 14.3 Å². The molecule has 0 saturated heterocycles. The van der Waals surface area contributed by atoms with E-state index in [-0.39, 0.29) is 5.78 Å². The quantitative estimate of drug-likeness (QED) is 0.516. The zero-order valence-corrected chi connectivity index (χ0v) is 14.4. The predicted molar refractivity (Wildman–Crippen MR) is 98.9 cm³/mol. The largest absolute Gasteiger partial charge is 0.457 e. The van der Waals surface area contributed by atoms with Crippen LogP contribution in [0.5, 0.6) is 23.0 Å². The van der Waals surface area contributed by atoms with Gasteiger partial charge >= 0.3 is 0 Å². The molecule has 0 spiro atoms. The first-order valence-corrected chi connectivity index (χ1v) is 8.30. The third kappa shape index (κ3) is 4.48. The van der Waals surface area contributed by atoms with E-state index < -0.39 is 0 Å². The minimum Gasteiger partial charge on any atom is -0.457 e. The smallest absolute Gasteiger partial charge is 0.159 e. The van der Waals surface area contributed by atoms with Gasteiger partial charge in [0.05, 0.1) is 0 Å². The van der Waals surface area contributed by atoms with Crippen molar-refractivity contribution in [2.75, 3.05) is 0 Å². The van der Waals surface area contributed by atoms with Crippen molar-refractivity contribution in [1.29, 1.82) is 0 Å². The number of ketones is 1. The molecule has 0 N–H and O–H groups in total. The van der Waals surface area contributed by atoms with Crippen LogP contribution in [0.1, 0.15) is 29.8 Å². The topological polar surface area (TPSA) is 35.5 Å². The molecular formula is C22H20O3. The van der Waals surface area contributed by atoms with Gasteiger partial charge in [0.15, 0.2) is 5.78 Å². The first-order valence-electron chi connectivity index (χ1n) is 8.30. The SMILES string of the molecule is CCc1ccc(Oc2ccc(Oc3ccc(C(C)=O)cc3)cc2)cc1. The summed E-state index contributed by atoms with van der Waals surface area (Å²) in [5.41, 5.74) is 1.96. The van der Waals surface area contributed by atoms with Crippen molar-refractivity contribution in [3.63, 3.8) is 0 Å².